The summed E-state index contributed by atoms with van der Waals surface area (Å²) in [7, 11) is 0. The molecule has 0 spiro atoms. The van der Waals surface area contributed by atoms with Crippen molar-refractivity contribution in [1.82, 2.24) is 0 Å². The Morgan fingerprint density at radius 2 is 0.909 bits per heavy atom. The van der Waals surface area contributed by atoms with Crippen molar-refractivity contribution in [2.75, 3.05) is 4.90 Å². The van der Waals surface area contributed by atoms with E-state index in [9.17, 15) is 0 Å². The quantitative estimate of drug-likeness (QED) is 0.172. The number of nitrogens with zero attached hydrogens (tertiary/aromatic N) is 1. The van der Waals surface area contributed by atoms with E-state index in [1.165, 1.54) is 55.3 Å². The van der Waals surface area contributed by atoms with E-state index in [1.807, 2.05) is 0 Å². The van der Waals surface area contributed by atoms with Crippen LogP contribution in [0.25, 0.3) is 55.0 Å². The number of anilines is 3. The van der Waals surface area contributed by atoms with Crippen LogP contribution in [0.3, 0.4) is 0 Å². The van der Waals surface area contributed by atoms with Crippen LogP contribution >= 0.6 is 0 Å². The van der Waals surface area contributed by atoms with Crippen LogP contribution in [-0.2, 0) is 5.41 Å². The van der Waals surface area contributed by atoms with Gasteiger partial charge in [0, 0.05) is 27.8 Å². The van der Waals surface area contributed by atoms with E-state index in [4.69, 9.17) is 4.42 Å². The number of rotatable bonds is 6. The van der Waals surface area contributed by atoms with Crippen LogP contribution < -0.4 is 4.90 Å². The summed E-state index contributed by atoms with van der Waals surface area (Å²) in [4.78, 5) is 2.38. The van der Waals surface area contributed by atoms with Gasteiger partial charge >= 0.3 is 0 Å². The first-order valence-electron chi connectivity index (χ1n) is 18.9. The number of fused-ring (bicyclic) bond motifs is 8. The molecule has 0 atom stereocenters. The minimum atomic E-state index is -0.493. The van der Waals surface area contributed by atoms with Crippen LogP contribution in [0.1, 0.15) is 22.3 Å². The van der Waals surface area contributed by atoms with Crippen molar-refractivity contribution < 1.29 is 4.42 Å². The summed E-state index contributed by atoms with van der Waals surface area (Å²) in [6.07, 6.45) is 0. The lowest BCUT2D eigenvalue weighted by molar-refractivity contribution is 0.669. The third kappa shape index (κ3) is 4.75. The fraction of sp³-hybridized carbons (Fsp3) is 0.0189. The molecule has 10 aromatic rings. The Morgan fingerprint density at radius 3 is 1.64 bits per heavy atom. The van der Waals surface area contributed by atoms with Crippen molar-refractivity contribution in [3.63, 3.8) is 0 Å². The van der Waals surface area contributed by atoms with Gasteiger partial charge in [-0.05, 0) is 104 Å². The molecule has 0 aliphatic heterocycles. The van der Waals surface area contributed by atoms with E-state index >= 15 is 0 Å². The van der Waals surface area contributed by atoms with Crippen LogP contribution in [0.5, 0.6) is 0 Å². The fourth-order valence-corrected chi connectivity index (χ4v) is 9.24. The zero-order chi connectivity index (χ0) is 36.3. The van der Waals surface area contributed by atoms with Crippen molar-refractivity contribution in [2.45, 2.75) is 5.41 Å². The summed E-state index contributed by atoms with van der Waals surface area (Å²) >= 11 is 0. The maximum atomic E-state index is 6.67. The first-order chi connectivity index (χ1) is 27.3. The zero-order valence-electron chi connectivity index (χ0n) is 30.1. The predicted octanol–water partition coefficient (Wildman–Crippen LogP) is 14.2. The molecule has 0 radical (unpaired) electrons. The Bertz CT molecular complexity index is 2990. The highest BCUT2D eigenvalue weighted by atomic mass is 16.3. The molecule has 0 amide bonds. The molecule has 9 aromatic carbocycles. The lowest BCUT2D eigenvalue weighted by atomic mass is 9.67. The molecule has 258 valence electrons. The summed E-state index contributed by atoms with van der Waals surface area (Å²) in [6, 6.07) is 76.9. The minimum Gasteiger partial charge on any atom is -0.456 e. The van der Waals surface area contributed by atoms with Gasteiger partial charge in [0.1, 0.15) is 11.2 Å². The largest absolute Gasteiger partial charge is 0.456 e. The van der Waals surface area contributed by atoms with Crippen LogP contribution in [0.4, 0.5) is 17.1 Å². The van der Waals surface area contributed by atoms with Crippen molar-refractivity contribution in [3.05, 3.63) is 235 Å². The standard InChI is InChI=1S/C53H35NO/c1-4-17-36(18-5-1)46-35-51-52(45-28-11-10-25-42(45)46)47-34-41(31-32-50(47)55-51)54(39-22-8-3-9-23-39)40-24-16-21-38(33-40)53(37-19-6-2-7-20-37)48-29-14-12-26-43(48)44-27-13-15-30-49(44)53/h1-35H. The molecule has 0 fully saturated rings. The molecule has 2 nitrogen and oxygen atoms in total. The molecule has 1 aliphatic carbocycles. The second-order valence-corrected chi connectivity index (χ2v) is 14.4. The van der Waals surface area contributed by atoms with Gasteiger partial charge in [-0.25, -0.2) is 0 Å². The topological polar surface area (TPSA) is 16.4 Å². The van der Waals surface area contributed by atoms with E-state index in [2.05, 4.69) is 217 Å². The number of hydrogen-bond donors (Lipinski definition) is 0. The molecule has 1 aromatic heterocycles. The molecule has 11 rings (SSSR count). The average molecular weight is 702 g/mol. The lowest BCUT2D eigenvalue weighted by Crippen LogP contribution is -2.28. The fourth-order valence-electron chi connectivity index (χ4n) is 9.24. The molecular formula is C53H35NO. The summed E-state index contributed by atoms with van der Waals surface area (Å²) in [5.74, 6) is 0. The molecular weight excluding hydrogens is 667 g/mol. The Hall–Kier alpha value is -7.16. The van der Waals surface area contributed by atoms with Gasteiger partial charge in [0.15, 0.2) is 0 Å². The van der Waals surface area contributed by atoms with Crippen molar-refractivity contribution in [1.29, 1.82) is 0 Å². The van der Waals surface area contributed by atoms with Crippen molar-refractivity contribution >= 4 is 49.8 Å². The summed E-state index contributed by atoms with van der Waals surface area (Å²) in [5.41, 5.74) is 14.5. The summed E-state index contributed by atoms with van der Waals surface area (Å²) in [5, 5.41) is 4.63. The maximum Gasteiger partial charge on any atom is 0.136 e. The van der Waals surface area contributed by atoms with E-state index < -0.39 is 5.41 Å². The van der Waals surface area contributed by atoms with E-state index in [1.54, 1.807) is 0 Å². The van der Waals surface area contributed by atoms with Gasteiger partial charge in [0.25, 0.3) is 0 Å². The zero-order valence-corrected chi connectivity index (χ0v) is 30.1. The second kappa shape index (κ2) is 12.5. The summed E-state index contributed by atoms with van der Waals surface area (Å²) < 4.78 is 6.67. The average Bonchev–Trinajstić information content (AvgIpc) is 3.78. The van der Waals surface area contributed by atoms with Crippen LogP contribution in [-0.4, -0.2) is 0 Å². The van der Waals surface area contributed by atoms with Gasteiger partial charge in [0.2, 0.25) is 0 Å². The third-order valence-electron chi connectivity index (χ3n) is 11.5. The number of furan rings is 1. The molecule has 0 saturated carbocycles. The highest BCUT2D eigenvalue weighted by Gasteiger charge is 2.46. The molecule has 1 aliphatic rings. The smallest absolute Gasteiger partial charge is 0.136 e. The molecule has 0 N–H and O–H groups in total. The predicted molar refractivity (Wildman–Crippen MR) is 229 cm³/mol. The Kier molecular flexibility index (Phi) is 7.11. The van der Waals surface area contributed by atoms with Gasteiger partial charge in [-0.2, -0.15) is 0 Å². The van der Waals surface area contributed by atoms with Crippen molar-refractivity contribution in [3.8, 4) is 22.3 Å². The monoisotopic (exact) mass is 701 g/mol. The highest BCUT2D eigenvalue weighted by molar-refractivity contribution is 6.22. The van der Waals surface area contributed by atoms with E-state index in [0.29, 0.717) is 0 Å². The number of hydrogen-bond acceptors (Lipinski definition) is 2. The van der Waals surface area contributed by atoms with Gasteiger partial charge in [0.05, 0.1) is 5.41 Å². The normalized spacial score (nSPS) is 12.9. The second-order valence-electron chi connectivity index (χ2n) is 14.4. The van der Waals surface area contributed by atoms with Crippen LogP contribution in [0, 0.1) is 0 Å². The lowest BCUT2D eigenvalue weighted by Gasteiger charge is -2.35. The van der Waals surface area contributed by atoms with Gasteiger partial charge in [-0.3, -0.25) is 0 Å². The minimum absolute atomic E-state index is 0.493. The van der Waals surface area contributed by atoms with E-state index in [-0.39, 0.29) is 0 Å². The Balaban J connectivity index is 1.14. The SMILES string of the molecule is c1ccc(-c2cc3oc4ccc(N(c5ccccc5)c5cccc(C6(c7ccccc7)c7ccccc7-c7ccccc76)c5)cc4c3c3ccccc23)cc1. The molecule has 1 heterocycles. The Morgan fingerprint density at radius 1 is 0.345 bits per heavy atom. The van der Waals surface area contributed by atoms with Gasteiger partial charge in [-0.15, -0.1) is 0 Å². The van der Waals surface area contributed by atoms with Crippen molar-refractivity contribution in [2.24, 2.45) is 0 Å². The van der Waals surface area contributed by atoms with Gasteiger partial charge in [-0.1, -0.05) is 164 Å². The molecule has 0 unspecified atom stereocenters. The van der Waals surface area contributed by atoms with Crippen LogP contribution in [0.2, 0.25) is 0 Å². The van der Waals surface area contributed by atoms with E-state index in [0.717, 1.165) is 39.0 Å². The molecule has 55 heavy (non-hydrogen) atoms. The molecule has 0 saturated heterocycles. The molecule has 0 bridgehead atoms. The van der Waals surface area contributed by atoms with Crippen LogP contribution in [0.15, 0.2) is 217 Å². The first kappa shape index (κ1) is 31.4. The number of benzene rings is 9. The maximum absolute atomic E-state index is 6.67. The molecule has 2 heteroatoms. The third-order valence-corrected chi connectivity index (χ3v) is 11.5. The Labute approximate surface area is 320 Å². The summed E-state index contributed by atoms with van der Waals surface area (Å²) in [6.45, 7) is 0. The highest BCUT2D eigenvalue weighted by Crippen LogP contribution is 2.56. The van der Waals surface area contributed by atoms with Gasteiger partial charge < -0.3 is 9.32 Å². The first-order valence-corrected chi connectivity index (χ1v) is 18.9. The number of para-hydroxylation sites is 1.